The summed E-state index contributed by atoms with van der Waals surface area (Å²) in [6, 6.07) is 1.17. The summed E-state index contributed by atoms with van der Waals surface area (Å²) in [5, 5.41) is 2.89. The van der Waals surface area contributed by atoms with Crippen LogP contribution in [0.25, 0.3) is 5.69 Å². The monoisotopic (exact) mass is 536 g/mol. The van der Waals surface area contributed by atoms with Gasteiger partial charge in [0.15, 0.2) is 0 Å². The van der Waals surface area contributed by atoms with Gasteiger partial charge < -0.3 is 0 Å². The quantitative estimate of drug-likeness (QED) is 0.350. The molecule has 14 heteroatoms. The van der Waals surface area contributed by atoms with Crippen molar-refractivity contribution >= 4 is 72.2 Å². The molecule has 1 aromatic heterocycles. The van der Waals surface area contributed by atoms with Crippen LogP contribution in [0.15, 0.2) is 21.6 Å². The predicted octanol–water partition coefficient (Wildman–Crippen LogP) is 6.10. The minimum Gasteiger partial charge on any atom is -0.222 e. The predicted molar refractivity (Wildman–Crippen MR) is 93.8 cm³/mol. The molecule has 0 fully saturated rings. The highest BCUT2D eigenvalue weighted by atomic mass is 79.9. The highest BCUT2D eigenvalue weighted by molar-refractivity contribution is 9.10. The number of halogens is 9. The van der Waals surface area contributed by atoms with Crippen LogP contribution in [0.1, 0.15) is 11.3 Å². The minimum atomic E-state index is -4.91. The topological polar surface area (TPSA) is 52.0 Å². The van der Waals surface area contributed by atoms with E-state index in [9.17, 15) is 26.0 Å². The molecule has 2 rings (SSSR count). The Balaban J connectivity index is 2.76. The first-order chi connectivity index (χ1) is 11.6. The van der Waals surface area contributed by atoms with E-state index in [4.69, 9.17) is 46.4 Å². The fourth-order valence-corrected chi connectivity index (χ4v) is 5.25. The van der Waals surface area contributed by atoms with Gasteiger partial charge in [-0.2, -0.15) is 22.7 Å². The molecule has 0 radical (unpaired) electrons. The highest BCUT2D eigenvalue weighted by Crippen LogP contribution is 2.43. The Morgan fingerprint density at radius 3 is 1.96 bits per heavy atom. The van der Waals surface area contributed by atoms with Crippen LogP contribution in [0.2, 0.25) is 10.0 Å². The Bertz CT molecular complexity index is 963. The van der Waals surface area contributed by atoms with Gasteiger partial charge in [0, 0.05) is 0 Å². The minimum absolute atomic E-state index is 0.243. The third-order valence-electron chi connectivity index (χ3n) is 3.08. The summed E-state index contributed by atoms with van der Waals surface area (Å²) in [7, 11) is -4.91. The lowest BCUT2D eigenvalue weighted by molar-refractivity contribution is -0.137. The van der Waals surface area contributed by atoms with Gasteiger partial charge in [0.25, 0.3) is 0 Å². The zero-order chi connectivity index (χ0) is 20.2. The first-order valence-corrected chi connectivity index (χ1v) is 10.0. The zero-order valence-corrected chi connectivity index (χ0v) is 17.6. The molecular weight excluding hydrogens is 534 g/mol. The van der Waals surface area contributed by atoms with E-state index >= 15 is 0 Å². The molecule has 0 saturated heterocycles. The standard InChI is InChI=1S/C12H5BrCl4F4N2O2S/c1-4-9(26(24,25)12(16,17)21)10(13)23(22-4)8-6(14)2-5(3-7(8)15)11(18,19)20/h2-3H,1H3. The number of sulfone groups is 1. The number of aryl methyl sites for hydroxylation is 1. The summed E-state index contributed by atoms with van der Waals surface area (Å²) in [5.74, 6) is 0. The van der Waals surface area contributed by atoms with Crippen molar-refractivity contribution < 1.29 is 26.0 Å². The van der Waals surface area contributed by atoms with Gasteiger partial charge in [-0.1, -0.05) is 23.2 Å². The second kappa shape index (κ2) is 6.97. The lowest BCUT2D eigenvalue weighted by Crippen LogP contribution is -2.21. The van der Waals surface area contributed by atoms with Gasteiger partial charge in [-0.15, -0.1) is 0 Å². The average Bonchev–Trinajstić information content (AvgIpc) is 2.71. The third-order valence-corrected chi connectivity index (χ3v) is 7.51. The maximum atomic E-state index is 13.7. The number of hydrogen-bond acceptors (Lipinski definition) is 3. The number of hydrogen-bond donors (Lipinski definition) is 0. The molecule has 0 aliphatic carbocycles. The molecule has 0 amide bonds. The van der Waals surface area contributed by atoms with E-state index in [2.05, 4.69) is 21.0 Å². The van der Waals surface area contributed by atoms with Crippen LogP contribution in [-0.2, 0) is 16.0 Å². The number of rotatable bonds is 3. The summed E-state index contributed by atoms with van der Waals surface area (Å²) in [6.07, 6.45) is -4.71. The normalized spacial score (nSPS) is 13.3. The molecule has 144 valence electrons. The van der Waals surface area contributed by atoms with E-state index in [1.54, 1.807) is 0 Å². The van der Waals surface area contributed by atoms with E-state index in [1.165, 1.54) is 6.92 Å². The van der Waals surface area contributed by atoms with Crippen molar-refractivity contribution in [2.45, 2.75) is 21.9 Å². The zero-order valence-electron chi connectivity index (χ0n) is 12.2. The van der Waals surface area contributed by atoms with Gasteiger partial charge in [0.1, 0.15) is 15.2 Å². The summed E-state index contributed by atoms with van der Waals surface area (Å²) >= 11 is 24.8. The van der Waals surface area contributed by atoms with Gasteiger partial charge in [-0.3, -0.25) is 0 Å². The van der Waals surface area contributed by atoms with E-state index < -0.39 is 40.4 Å². The van der Waals surface area contributed by atoms with Gasteiger partial charge >= 0.3 is 10.1 Å². The van der Waals surface area contributed by atoms with Crippen molar-refractivity contribution in [3.63, 3.8) is 0 Å². The largest absolute Gasteiger partial charge is 0.416 e. The maximum Gasteiger partial charge on any atom is 0.416 e. The van der Waals surface area contributed by atoms with Gasteiger partial charge in [-0.05, 0) is 58.2 Å². The van der Waals surface area contributed by atoms with Crippen molar-refractivity contribution in [1.29, 1.82) is 0 Å². The third kappa shape index (κ3) is 3.81. The van der Waals surface area contributed by atoms with Gasteiger partial charge in [0.2, 0.25) is 9.84 Å². The van der Waals surface area contributed by atoms with Crippen molar-refractivity contribution in [3.8, 4) is 5.69 Å². The average molecular weight is 539 g/mol. The molecule has 4 nitrogen and oxygen atoms in total. The SMILES string of the molecule is Cc1nn(-c2c(Cl)cc(C(F)(F)F)cc2Cl)c(Br)c1S(=O)(=O)C(F)(Cl)Cl. The first-order valence-electron chi connectivity index (χ1n) is 6.22. The second-order valence-electron chi connectivity index (χ2n) is 4.85. The Morgan fingerprint density at radius 2 is 1.58 bits per heavy atom. The van der Waals surface area contributed by atoms with E-state index in [0.717, 1.165) is 4.68 Å². The van der Waals surface area contributed by atoms with Crippen molar-refractivity contribution in [1.82, 2.24) is 9.78 Å². The second-order valence-corrected chi connectivity index (χ2v) is 10.1. The smallest absolute Gasteiger partial charge is 0.222 e. The van der Waals surface area contributed by atoms with Crippen molar-refractivity contribution in [2.75, 3.05) is 0 Å². The van der Waals surface area contributed by atoms with Crippen LogP contribution in [0.4, 0.5) is 17.6 Å². The van der Waals surface area contributed by atoms with Crippen molar-refractivity contribution in [2.24, 2.45) is 0 Å². The molecule has 0 bridgehead atoms. The number of alkyl halides is 6. The molecule has 26 heavy (non-hydrogen) atoms. The number of nitrogens with zero attached hydrogens (tertiary/aromatic N) is 2. The number of benzene rings is 1. The van der Waals surface area contributed by atoms with Crippen LogP contribution >= 0.6 is 62.3 Å². The van der Waals surface area contributed by atoms with E-state index in [1.807, 2.05) is 0 Å². The summed E-state index contributed by atoms with van der Waals surface area (Å²) in [4.78, 5) is -0.711. The van der Waals surface area contributed by atoms with Crippen LogP contribution in [0.5, 0.6) is 0 Å². The van der Waals surface area contributed by atoms with Crippen LogP contribution in [0.3, 0.4) is 0 Å². The summed E-state index contributed by atoms with van der Waals surface area (Å²) in [5.41, 5.74) is -1.62. The van der Waals surface area contributed by atoms with Crippen LogP contribution < -0.4 is 0 Å². The maximum absolute atomic E-state index is 13.7. The lowest BCUT2D eigenvalue weighted by Gasteiger charge is -2.13. The first kappa shape index (κ1) is 22.0. The molecular formula is C12H5BrCl4F4N2O2S. The lowest BCUT2D eigenvalue weighted by atomic mass is 10.2. The Kier molecular flexibility index (Phi) is 5.90. The van der Waals surface area contributed by atoms with Crippen LogP contribution in [-0.4, -0.2) is 22.1 Å². The molecule has 0 atom stereocenters. The Morgan fingerprint density at radius 1 is 1.12 bits per heavy atom. The van der Waals surface area contributed by atoms with E-state index in [0.29, 0.717) is 12.1 Å². The molecule has 0 spiro atoms. The Labute approximate surface area is 173 Å². The fourth-order valence-electron chi connectivity index (χ4n) is 1.99. The van der Waals surface area contributed by atoms with Crippen LogP contribution in [0, 0.1) is 6.92 Å². The fraction of sp³-hybridized carbons (Fsp3) is 0.250. The summed E-state index contributed by atoms with van der Waals surface area (Å²) in [6.45, 7) is 1.19. The molecule has 0 saturated carbocycles. The molecule has 0 N–H and O–H groups in total. The van der Waals surface area contributed by atoms with Crippen molar-refractivity contribution in [3.05, 3.63) is 38.0 Å². The Hall–Kier alpha value is -0.260. The van der Waals surface area contributed by atoms with Gasteiger partial charge in [0.05, 0.1) is 21.3 Å². The molecule has 1 aromatic carbocycles. The summed E-state index contributed by atoms with van der Waals surface area (Å²) < 4.78 is 73.2. The molecule has 0 aliphatic rings. The highest BCUT2D eigenvalue weighted by Gasteiger charge is 2.45. The molecule has 1 heterocycles. The molecule has 2 aromatic rings. The molecule has 0 unspecified atom stereocenters. The number of aromatic nitrogens is 2. The molecule has 0 aliphatic heterocycles. The van der Waals surface area contributed by atoms with E-state index in [-0.39, 0.29) is 16.0 Å². The van der Waals surface area contributed by atoms with Gasteiger partial charge in [-0.25, -0.2) is 13.1 Å².